The minimum absolute atomic E-state index is 0.0321. The molecule has 0 unspecified atom stereocenters. The molecule has 264 valence electrons. The molecular weight excluding hydrogens is 660 g/mol. The number of hydrogen-bond acceptors (Lipinski definition) is 8. The zero-order chi connectivity index (χ0) is 35.5. The van der Waals surface area contributed by atoms with E-state index < -0.39 is 77.8 Å². The van der Waals surface area contributed by atoms with E-state index in [4.69, 9.17) is 0 Å². The maximum atomic E-state index is 14.5. The summed E-state index contributed by atoms with van der Waals surface area (Å²) in [4.78, 5) is 84.0. The summed E-state index contributed by atoms with van der Waals surface area (Å²) in [6, 6.07) is 12.6. The average molecular weight is 703 g/mol. The molecule has 3 aromatic rings. The van der Waals surface area contributed by atoms with E-state index in [1.165, 1.54) is 30.1 Å². The van der Waals surface area contributed by atoms with Gasteiger partial charge in [-0.3, -0.25) is 28.8 Å². The molecule has 0 spiro atoms. The van der Waals surface area contributed by atoms with Crippen molar-refractivity contribution in [1.82, 2.24) is 31.5 Å². The lowest BCUT2D eigenvalue weighted by molar-refractivity contribution is -0.143. The van der Waals surface area contributed by atoms with Gasteiger partial charge in [0.05, 0.1) is 16.9 Å². The Bertz CT molecular complexity index is 1750. The highest BCUT2D eigenvalue weighted by Gasteiger charge is 2.45. The van der Waals surface area contributed by atoms with Gasteiger partial charge in [-0.15, -0.1) is 11.3 Å². The van der Waals surface area contributed by atoms with Gasteiger partial charge in [0.25, 0.3) is 5.91 Å². The van der Waals surface area contributed by atoms with E-state index in [2.05, 4.69) is 26.6 Å². The predicted octanol–water partition coefficient (Wildman–Crippen LogP) is 0.997. The molecule has 3 heterocycles. The Hall–Kier alpha value is -4.82. The van der Waals surface area contributed by atoms with Crippen molar-refractivity contribution < 1.29 is 33.9 Å². The molecule has 8 atom stereocenters. The Morgan fingerprint density at radius 1 is 0.920 bits per heavy atom. The lowest BCUT2D eigenvalue weighted by atomic mass is 10.00. The molecule has 6 amide bonds. The van der Waals surface area contributed by atoms with Crippen molar-refractivity contribution in [2.24, 2.45) is 5.92 Å². The maximum absolute atomic E-state index is 14.5. The van der Waals surface area contributed by atoms with Crippen LogP contribution in [0.4, 0.5) is 0 Å². The Morgan fingerprint density at radius 2 is 1.66 bits per heavy atom. The van der Waals surface area contributed by atoms with Crippen LogP contribution in [-0.4, -0.2) is 94.3 Å². The van der Waals surface area contributed by atoms with Crippen molar-refractivity contribution in [3.8, 4) is 0 Å². The lowest BCUT2D eigenvalue weighted by Gasteiger charge is -2.32. The van der Waals surface area contributed by atoms with Gasteiger partial charge in [0, 0.05) is 29.7 Å². The van der Waals surface area contributed by atoms with Gasteiger partial charge in [-0.05, 0) is 56.2 Å². The Balaban J connectivity index is 1.32. The molecule has 50 heavy (non-hydrogen) atoms. The second kappa shape index (κ2) is 15.0. The normalized spacial score (nSPS) is 28.6. The predicted molar refractivity (Wildman–Crippen MR) is 186 cm³/mol. The van der Waals surface area contributed by atoms with Gasteiger partial charge in [-0.25, -0.2) is 0 Å². The first kappa shape index (κ1) is 35.0. The van der Waals surface area contributed by atoms with Gasteiger partial charge in [0.2, 0.25) is 29.5 Å². The molecule has 13 nitrogen and oxygen atoms in total. The first-order valence-corrected chi connectivity index (χ1v) is 17.8. The second-order valence-corrected chi connectivity index (χ2v) is 14.5. The summed E-state index contributed by atoms with van der Waals surface area (Å²) < 4.78 is 0.949. The molecule has 2 aromatic carbocycles. The van der Waals surface area contributed by atoms with Crippen LogP contribution in [0.2, 0.25) is 0 Å². The maximum Gasteiger partial charge on any atom is 0.261 e. The zero-order valence-electron chi connectivity index (χ0n) is 27.9. The van der Waals surface area contributed by atoms with Crippen molar-refractivity contribution in [3.63, 3.8) is 0 Å². The number of benzene rings is 2. The van der Waals surface area contributed by atoms with Gasteiger partial charge in [0.1, 0.15) is 24.2 Å². The van der Waals surface area contributed by atoms with Gasteiger partial charge < -0.3 is 36.6 Å². The molecule has 2 aliphatic heterocycles. The number of hydrogen-bond donors (Lipinski definition) is 6. The number of fused-ring (bicyclic) bond motifs is 3. The van der Waals surface area contributed by atoms with Crippen LogP contribution in [0.1, 0.15) is 54.8 Å². The third kappa shape index (κ3) is 7.65. The van der Waals surface area contributed by atoms with Crippen molar-refractivity contribution in [1.29, 1.82) is 0 Å². The van der Waals surface area contributed by atoms with Crippen molar-refractivity contribution in [2.75, 3.05) is 6.54 Å². The molecule has 0 bridgehead atoms. The second-order valence-electron chi connectivity index (χ2n) is 13.4. The Labute approximate surface area is 293 Å². The topological polar surface area (TPSA) is 186 Å². The summed E-state index contributed by atoms with van der Waals surface area (Å²) in [5.41, 5.74) is 0.729. The summed E-state index contributed by atoms with van der Waals surface area (Å²) >= 11 is 1.34. The summed E-state index contributed by atoms with van der Waals surface area (Å²) in [5, 5.41) is 25.6. The molecule has 14 heteroatoms. The number of thiophene rings is 1. The molecule has 1 aliphatic carbocycles. The van der Waals surface area contributed by atoms with E-state index >= 15 is 0 Å². The van der Waals surface area contributed by atoms with Crippen LogP contribution in [0.25, 0.3) is 10.1 Å². The lowest BCUT2D eigenvalue weighted by Crippen LogP contribution is -2.61. The standard InChI is InChI=1S/C36H42N6O7S/c1-19-31(44)39-25-13-8-12-24(25)32(45)41-30(20(2)43)35(48)40-26(15-21-9-4-3-5-10-21)36(49)42-18-23(17-27(42)33(46)37-19)38-34(47)29-16-22-11-6-7-14-28(22)50-29/h3-7,9-11,14,16,19-20,23-27,30,43H,8,12-13,15,17-18H2,1-2H3,(H,37,46)(H,38,47)(H,39,44)(H,40,48)(H,41,45)/t19-,20+,23+,24+,25+,26-,27-,30-/m0/s1. The summed E-state index contributed by atoms with van der Waals surface area (Å²) in [5.74, 6) is -3.92. The van der Waals surface area contributed by atoms with Crippen molar-refractivity contribution >= 4 is 56.9 Å². The van der Waals surface area contributed by atoms with Crippen LogP contribution in [0.15, 0.2) is 60.7 Å². The first-order chi connectivity index (χ1) is 24.0. The fraction of sp³-hybridized carbons (Fsp3) is 0.444. The Morgan fingerprint density at radius 3 is 2.40 bits per heavy atom. The highest BCUT2D eigenvalue weighted by Crippen LogP contribution is 2.28. The van der Waals surface area contributed by atoms with Gasteiger partial charge >= 0.3 is 0 Å². The number of carbonyl (C=O) groups excluding carboxylic acids is 6. The highest BCUT2D eigenvalue weighted by molar-refractivity contribution is 7.20. The number of rotatable bonds is 5. The van der Waals surface area contributed by atoms with E-state index in [0.29, 0.717) is 24.1 Å². The van der Waals surface area contributed by atoms with Gasteiger partial charge in [-0.2, -0.15) is 0 Å². The summed E-state index contributed by atoms with van der Waals surface area (Å²) in [7, 11) is 0. The fourth-order valence-electron chi connectivity index (χ4n) is 7.09. The smallest absolute Gasteiger partial charge is 0.261 e. The SMILES string of the molecule is C[C@@H]1NC(=O)[C@@H]2C[C@@H](NC(=O)c3cc4ccccc4s3)CN2C(=O)[C@H](Cc2ccccc2)NC(=O)[C@H]([C@@H](C)O)NC(=O)[C@@H]2CCC[C@H]2NC1=O. The van der Waals surface area contributed by atoms with Gasteiger partial charge in [0.15, 0.2) is 0 Å². The van der Waals surface area contributed by atoms with Crippen LogP contribution in [0.3, 0.4) is 0 Å². The number of nitrogens with one attached hydrogen (secondary N) is 5. The number of aliphatic hydroxyl groups is 1. The number of carbonyl (C=O) groups is 6. The number of nitrogens with zero attached hydrogens (tertiary/aromatic N) is 1. The van der Waals surface area contributed by atoms with Crippen LogP contribution < -0.4 is 26.6 Å². The van der Waals surface area contributed by atoms with E-state index in [0.717, 1.165) is 15.6 Å². The molecule has 1 aromatic heterocycles. The molecule has 6 rings (SSSR count). The van der Waals surface area contributed by atoms with Crippen LogP contribution in [0.5, 0.6) is 0 Å². The fourth-order valence-corrected chi connectivity index (χ4v) is 8.06. The summed E-state index contributed by atoms with van der Waals surface area (Å²) in [6.07, 6.45) is 0.478. The van der Waals surface area contributed by atoms with E-state index in [9.17, 15) is 33.9 Å². The van der Waals surface area contributed by atoms with Crippen molar-refractivity contribution in [3.05, 3.63) is 71.1 Å². The highest BCUT2D eigenvalue weighted by atomic mass is 32.1. The quantitative estimate of drug-likeness (QED) is 0.229. The van der Waals surface area contributed by atoms with E-state index in [-0.39, 0.29) is 25.3 Å². The van der Waals surface area contributed by atoms with Gasteiger partial charge in [-0.1, -0.05) is 55.0 Å². The molecule has 2 saturated heterocycles. The Kier molecular flexibility index (Phi) is 10.5. The van der Waals surface area contributed by atoms with Crippen molar-refractivity contribution in [2.45, 2.75) is 88.3 Å². The zero-order valence-corrected chi connectivity index (χ0v) is 28.7. The molecule has 3 aliphatic rings. The summed E-state index contributed by atoms with van der Waals surface area (Å²) in [6.45, 7) is 2.87. The molecular formula is C36H42N6O7S. The molecule has 1 saturated carbocycles. The molecule has 0 radical (unpaired) electrons. The minimum atomic E-state index is -1.39. The molecule has 3 fully saturated rings. The first-order valence-electron chi connectivity index (χ1n) is 17.0. The van der Waals surface area contributed by atoms with Crippen LogP contribution >= 0.6 is 11.3 Å². The largest absolute Gasteiger partial charge is 0.391 e. The third-order valence-corrected chi connectivity index (χ3v) is 10.9. The third-order valence-electron chi connectivity index (χ3n) is 9.76. The minimum Gasteiger partial charge on any atom is -0.391 e. The van der Waals surface area contributed by atoms with Crippen LogP contribution in [0, 0.1) is 5.92 Å². The monoisotopic (exact) mass is 702 g/mol. The number of aliphatic hydroxyl groups excluding tert-OH is 1. The molecule has 6 N–H and O–H groups in total. The number of amides is 6. The van der Waals surface area contributed by atoms with E-state index in [1.54, 1.807) is 30.3 Å². The van der Waals surface area contributed by atoms with E-state index in [1.807, 2.05) is 30.3 Å². The average Bonchev–Trinajstić information content (AvgIpc) is 3.85. The van der Waals surface area contributed by atoms with Crippen LogP contribution in [-0.2, 0) is 30.4 Å².